The average molecular weight is 328 g/mol. The Labute approximate surface area is 140 Å². The number of nitrogens with zero attached hydrogens (tertiary/aromatic N) is 2. The van der Waals surface area contributed by atoms with Crippen LogP contribution in [0.25, 0.3) is 10.9 Å². The van der Waals surface area contributed by atoms with Crippen LogP contribution in [0, 0.1) is 17.2 Å². The zero-order valence-corrected chi connectivity index (χ0v) is 14.1. The summed E-state index contributed by atoms with van der Waals surface area (Å²) in [5.41, 5.74) is -0.202. The van der Waals surface area contributed by atoms with E-state index in [1.54, 1.807) is 25.1 Å². The van der Waals surface area contributed by atoms with Gasteiger partial charge in [0, 0.05) is 5.39 Å². The number of aromatic amines is 1. The largest absolute Gasteiger partial charge is 0.448 e. The van der Waals surface area contributed by atoms with E-state index in [4.69, 9.17) is 4.74 Å². The molecule has 2 aromatic rings. The van der Waals surface area contributed by atoms with E-state index in [0.29, 0.717) is 10.9 Å². The van der Waals surface area contributed by atoms with Crippen LogP contribution < -0.4 is 5.32 Å². The van der Waals surface area contributed by atoms with E-state index in [2.05, 4.69) is 21.6 Å². The topological polar surface area (TPSA) is 108 Å². The predicted octanol–water partition coefficient (Wildman–Crippen LogP) is 2.16. The van der Waals surface area contributed by atoms with Crippen LogP contribution in [0.3, 0.4) is 0 Å². The minimum atomic E-state index is -1.04. The number of H-pyrrole nitrogens is 1. The number of carbonyl (C=O) groups excluding carboxylic acids is 2. The molecule has 0 spiro atoms. The number of benzene rings is 1. The third kappa shape index (κ3) is 3.38. The lowest BCUT2D eigenvalue weighted by Crippen LogP contribution is -2.52. The van der Waals surface area contributed by atoms with Crippen molar-refractivity contribution < 1.29 is 14.3 Å². The van der Waals surface area contributed by atoms with Gasteiger partial charge in [-0.3, -0.25) is 9.89 Å². The van der Waals surface area contributed by atoms with E-state index >= 15 is 0 Å². The first-order valence-corrected chi connectivity index (χ1v) is 7.66. The minimum absolute atomic E-state index is 0.0929. The molecule has 0 radical (unpaired) electrons. The Morgan fingerprint density at radius 2 is 2.00 bits per heavy atom. The Morgan fingerprint density at radius 3 is 2.62 bits per heavy atom. The second-order valence-electron chi connectivity index (χ2n) is 6.12. The summed E-state index contributed by atoms with van der Waals surface area (Å²) in [5.74, 6) is -1.32. The fourth-order valence-corrected chi connectivity index (χ4v) is 2.05. The summed E-state index contributed by atoms with van der Waals surface area (Å²) >= 11 is 0. The molecular weight excluding hydrogens is 308 g/mol. The van der Waals surface area contributed by atoms with Gasteiger partial charge in [-0.15, -0.1) is 0 Å². The number of hydrogen-bond acceptors (Lipinski definition) is 5. The van der Waals surface area contributed by atoms with Gasteiger partial charge >= 0.3 is 5.97 Å². The molecule has 0 aliphatic heterocycles. The lowest BCUT2D eigenvalue weighted by atomic mass is 9.90. The molecule has 0 saturated carbocycles. The lowest BCUT2D eigenvalue weighted by molar-refractivity contribution is -0.130. The van der Waals surface area contributed by atoms with Gasteiger partial charge in [-0.25, -0.2) is 4.79 Å². The Kier molecular flexibility index (Phi) is 4.88. The van der Waals surface area contributed by atoms with E-state index in [1.807, 2.05) is 19.9 Å². The quantitative estimate of drug-likeness (QED) is 0.818. The zero-order chi connectivity index (χ0) is 17.9. The number of hydrogen-bond donors (Lipinski definition) is 2. The van der Waals surface area contributed by atoms with Crippen LogP contribution >= 0.6 is 0 Å². The minimum Gasteiger partial charge on any atom is -0.448 e. The van der Waals surface area contributed by atoms with Crippen molar-refractivity contribution in [2.75, 3.05) is 0 Å². The number of para-hydroxylation sites is 1. The summed E-state index contributed by atoms with van der Waals surface area (Å²) in [6, 6.07) is 9.21. The zero-order valence-electron chi connectivity index (χ0n) is 14.1. The summed E-state index contributed by atoms with van der Waals surface area (Å²) in [6.07, 6.45) is -1.04. The van der Waals surface area contributed by atoms with Gasteiger partial charge in [-0.05, 0) is 25.8 Å². The highest BCUT2D eigenvalue weighted by molar-refractivity contribution is 6.02. The molecule has 1 heterocycles. The summed E-state index contributed by atoms with van der Waals surface area (Å²) in [6.45, 7) is 6.75. The van der Waals surface area contributed by atoms with Gasteiger partial charge in [0.25, 0.3) is 5.91 Å². The van der Waals surface area contributed by atoms with Crippen LogP contribution in [0.1, 0.15) is 38.2 Å². The highest BCUT2D eigenvalue weighted by Crippen LogP contribution is 2.18. The summed E-state index contributed by atoms with van der Waals surface area (Å²) in [7, 11) is 0. The SMILES string of the molecule is CC(C)[C@@](C)(C#N)NC(=O)[C@H](C)OC(=O)c1n[nH]c2ccccc12. The van der Waals surface area contributed by atoms with E-state index in [0.717, 1.165) is 0 Å². The molecule has 0 saturated heterocycles. The van der Waals surface area contributed by atoms with E-state index in [-0.39, 0.29) is 11.6 Å². The molecule has 0 unspecified atom stereocenters. The molecule has 7 nitrogen and oxygen atoms in total. The number of amides is 1. The molecule has 2 N–H and O–H groups in total. The molecule has 1 aromatic carbocycles. The molecule has 2 rings (SSSR count). The van der Waals surface area contributed by atoms with Crippen molar-refractivity contribution in [3.8, 4) is 6.07 Å². The van der Waals surface area contributed by atoms with Crippen LogP contribution in [0.5, 0.6) is 0 Å². The first-order chi connectivity index (χ1) is 11.3. The van der Waals surface area contributed by atoms with Gasteiger partial charge < -0.3 is 10.1 Å². The lowest BCUT2D eigenvalue weighted by Gasteiger charge is -2.28. The van der Waals surface area contributed by atoms with Crippen molar-refractivity contribution in [3.05, 3.63) is 30.0 Å². The van der Waals surface area contributed by atoms with E-state index in [1.165, 1.54) is 6.92 Å². The van der Waals surface area contributed by atoms with Crippen LogP contribution in [0.2, 0.25) is 0 Å². The molecule has 0 bridgehead atoms. The normalized spacial score (nSPS) is 14.7. The fourth-order valence-electron chi connectivity index (χ4n) is 2.05. The Bertz CT molecular complexity index is 806. The molecule has 0 aliphatic rings. The molecule has 2 atom stereocenters. The smallest absolute Gasteiger partial charge is 0.360 e. The van der Waals surface area contributed by atoms with Crippen LogP contribution in [-0.4, -0.2) is 33.7 Å². The second kappa shape index (κ2) is 6.71. The van der Waals surface area contributed by atoms with Crippen LogP contribution in [-0.2, 0) is 9.53 Å². The van der Waals surface area contributed by atoms with Crippen molar-refractivity contribution >= 4 is 22.8 Å². The molecule has 0 fully saturated rings. The number of rotatable bonds is 5. The molecular formula is C17H20N4O3. The van der Waals surface area contributed by atoms with Gasteiger partial charge in [0.15, 0.2) is 11.8 Å². The summed E-state index contributed by atoms with van der Waals surface area (Å²) < 4.78 is 5.19. The summed E-state index contributed by atoms with van der Waals surface area (Å²) in [4.78, 5) is 24.5. The number of nitriles is 1. The number of carbonyl (C=O) groups is 2. The first kappa shape index (κ1) is 17.5. The number of nitrogens with one attached hydrogen (secondary N) is 2. The molecule has 126 valence electrons. The molecule has 24 heavy (non-hydrogen) atoms. The number of esters is 1. The van der Waals surface area contributed by atoms with Crippen molar-refractivity contribution in [3.63, 3.8) is 0 Å². The van der Waals surface area contributed by atoms with Crippen molar-refractivity contribution in [1.82, 2.24) is 15.5 Å². The second-order valence-corrected chi connectivity index (χ2v) is 6.12. The van der Waals surface area contributed by atoms with E-state index in [9.17, 15) is 14.9 Å². The highest BCUT2D eigenvalue weighted by Gasteiger charge is 2.33. The maximum Gasteiger partial charge on any atom is 0.360 e. The highest BCUT2D eigenvalue weighted by atomic mass is 16.5. The van der Waals surface area contributed by atoms with Crippen LogP contribution in [0.15, 0.2) is 24.3 Å². The monoisotopic (exact) mass is 328 g/mol. The molecule has 7 heteroatoms. The van der Waals surface area contributed by atoms with E-state index < -0.39 is 23.5 Å². The molecule has 0 aliphatic carbocycles. The van der Waals surface area contributed by atoms with Gasteiger partial charge in [0.05, 0.1) is 11.6 Å². The van der Waals surface area contributed by atoms with Gasteiger partial charge in [-0.1, -0.05) is 32.0 Å². The maximum absolute atomic E-state index is 12.3. The number of ether oxygens (including phenoxy) is 1. The third-order valence-corrected chi connectivity index (χ3v) is 4.09. The van der Waals surface area contributed by atoms with Crippen LogP contribution in [0.4, 0.5) is 0 Å². The van der Waals surface area contributed by atoms with Gasteiger partial charge in [0.2, 0.25) is 0 Å². The predicted molar refractivity (Wildman–Crippen MR) is 88.0 cm³/mol. The number of aromatic nitrogens is 2. The Balaban J connectivity index is 2.09. The van der Waals surface area contributed by atoms with Crippen molar-refractivity contribution in [1.29, 1.82) is 5.26 Å². The average Bonchev–Trinajstić information content (AvgIpc) is 2.98. The summed E-state index contributed by atoms with van der Waals surface area (Å²) in [5, 5.41) is 19.2. The van der Waals surface area contributed by atoms with Gasteiger partial charge in [0.1, 0.15) is 5.54 Å². The fraction of sp³-hybridized carbons (Fsp3) is 0.412. The first-order valence-electron chi connectivity index (χ1n) is 7.66. The number of fused-ring (bicyclic) bond motifs is 1. The maximum atomic E-state index is 12.3. The third-order valence-electron chi connectivity index (χ3n) is 4.09. The van der Waals surface area contributed by atoms with Crippen molar-refractivity contribution in [2.45, 2.75) is 39.3 Å². The molecule has 1 aromatic heterocycles. The van der Waals surface area contributed by atoms with Gasteiger partial charge in [-0.2, -0.15) is 10.4 Å². The Morgan fingerprint density at radius 1 is 1.33 bits per heavy atom. The Hall–Kier alpha value is -2.88. The standard InChI is InChI=1S/C17H20N4O3/c1-10(2)17(4,9-18)19-15(22)11(3)24-16(23)14-12-7-5-6-8-13(12)20-21-14/h5-8,10-11H,1-4H3,(H,19,22)(H,20,21)/t11-,17+/m0/s1. The molecule has 1 amide bonds. The van der Waals surface area contributed by atoms with Crippen molar-refractivity contribution in [2.24, 2.45) is 5.92 Å².